The highest BCUT2D eigenvalue weighted by molar-refractivity contribution is 5.83. The van der Waals surface area contributed by atoms with E-state index in [9.17, 15) is 18.0 Å². The van der Waals surface area contributed by atoms with Crippen molar-refractivity contribution >= 4 is 5.91 Å². The maximum atomic E-state index is 13.2. The average molecular weight is 435 g/mol. The van der Waals surface area contributed by atoms with Crippen molar-refractivity contribution < 1.29 is 18.0 Å². The SMILES string of the molecule is O=C(NCCc1ccncc1)C(NCCC1CCNCC1)c1cccc(C(F)(F)F)c1. The Labute approximate surface area is 180 Å². The molecule has 0 aliphatic carbocycles. The predicted octanol–water partition coefficient (Wildman–Crippen LogP) is 3.48. The minimum Gasteiger partial charge on any atom is -0.354 e. The van der Waals surface area contributed by atoms with Gasteiger partial charge in [-0.2, -0.15) is 13.2 Å². The molecule has 2 heterocycles. The fraction of sp³-hybridized carbons (Fsp3) is 0.478. The fourth-order valence-corrected chi connectivity index (χ4v) is 3.84. The first-order valence-corrected chi connectivity index (χ1v) is 10.7. The lowest BCUT2D eigenvalue weighted by Crippen LogP contribution is -2.39. The molecule has 1 unspecified atom stereocenters. The zero-order chi connectivity index (χ0) is 22.1. The number of benzene rings is 1. The smallest absolute Gasteiger partial charge is 0.354 e. The topological polar surface area (TPSA) is 66.0 Å². The third-order valence-corrected chi connectivity index (χ3v) is 5.63. The van der Waals surface area contributed by atoms with Crippen LogP contribution in [0.3, 0.4) is 0 Å². The Morgan fingerprint density at radius 2 is 1.87 bits per heavy atom. The van der Waals surface area contributed by atoms with Gasteiger partial charge < -0.3 is 16.0 Å². The van der Waals surface area contributed by atoms with Gasteiger partial charge in [0.25, 0.3) is 0 Å². The molecule has 1 amide bonds. The summed E-state index contributed by atoms with van der Waals surface area (Å²) in [6.45, 7) is 2.94. The summed E-state index contributed by atoms with van der Waals surface area (Å²) in [5.74, 6) is 0.240. The quantitative estimate of drug-likeness (QED) is 0.565. The van der Waals surface area contributed by atoms with Crippen LogP contribution >= 0.6 is 0 Å². The van der Waals surface area contributed by atoms with E-state index in [2.05, 4.69) is 20.9 Å². The van der Waals surface area contributed by atoms with Gasteiger partial charge in [0.1, 0.15) is 6.04 Å². The molecule has 1 aliphatic rings. The largest absolute Gasteiger partial charge is 0.416 e. The van der Waals surface area contributed by atoms with E-state index in [1.54, 1.807) is 18.5 Å². The number of hydrogen-bond acceptors (Lipinski definition) is 4. The van der Waals surface area contributed by atoms with Crippen molar-refractivity contribution in [2.24, 2.45) is 5.92 Å². The Bertz CT molecular complexity index is 823. The molecule has 1 aliphatic heterocycles. The van der Waals surface area contributed by atoms with E-state index in [4.69, 9.17) is 0 Å². The van der Waals surface area contributed by atoms with Crippen LogP contribution < -0.4 is 16.0 Å². The van der Waals surface area contributed by atoms with Crippen molar-refractivity contribution in [1.82, 2.24) is 20.9 Å². The van der Waals surface area contributed by atoms with E-state index in [0.717, 1.165) is 50.0 Å². The number of halogens is 3. The molecule has 1 atom stereocenters. The first kappa shape index (κ1) is 23.2. The van der Waals surface area contributed by atoms with Crippen molar-refractivity contribution in [1.29, 1.82) is 0 Å². The number of piperidine rings is 1. The van der Waals surface area contributed by atoms with Crippen LogP contribution in [0, 0.1) is 5.92 Å². The number of carbonyl (C=O) groups excluding carboxylic acids is 1. The Balaban J connectivity index is 1.64. The minimum absolute atomic E-state index is 0.321. The number of hydrogen-bond donors (Lipinski definition) is 3. The van der Waals surface area contributed by atoms with Crippen LogP contribution in [0.1, 0.15) is 42.0 Å². The van der Waals surface area contributed by atoms with Gasteiger partial charge in [-0.15, -0.1) is 0 Å². The lowest BCUT2D eigenvalue weighted by molar-refractivity contribution is -0.137. The van der Waals surface area contributed by atoms with Gasteiger partial charge in [0.05, 0.1) is 5.56 Å². The molecule has 3 N–H and O–H groups in total. The normalized spacial score (nSPS) is 16.1. The second kappa shape index (κ2) is 11.2. The van der Waals surface area contributed by atoms with Gasteiger partial charge in [0.15, 0.2) is 0 Å². The summed E-state index contributed by atoms with van der Waals surface area (Å²) in [6, 6.07) is 7.91. The molecule has 168 valence electrons. The van der Waals surface area contributed by atoms with Crippen LogP contribution in [0.4, 0.5) is 13.2 Å². The lowest BCUT2D eigenvalue weighted by Gasteiger charge is -2.24. The zero-order valence-electron chi connectivity index (χ0n) is 17.4. The number of amides is 1. The maximum Gasteiger partial charge on any atom is 0.416 e. The van der Waals surface area contributed by atoms with E-state index in [-0.39, 0.29) is 5.91 Å². The molecule has 0 bridgehead atoms. The molecule has 0 radical (unpaired) electrons. The summed E-state index contributed by atoms with van der Waals surface area (Å²) < 4.78 is 39.6. The number of alkyl halides is 3. The first-order valence-electron chi connectivity index (χ1n) is 10.7. The predicted molar refractivity (Wildman–Crippen MR) is 113 cm³/mol. The van der Waals surface area contributed by atoms with Crippen LogP contribution in [0.25, 0.3) is 0 Å². The summed E-state index contributed by atoms with van der Waals surface area (Å²) in [5.41, 5.74) is 0.603. The number of carbonyl (C=O) groups is 1. The van der Waals surface area contributed by atoms with Gasteiger partial charge in [0.2, 0.25) is 5.91 Å². The molecule has 0 saturated carbocycles. The molecule has 1 fully saturated rings. The number of aromatic nitrogens is 1. The summed E-state index contributed by atoms with van der Waals surface area (Å²) in [5, 5.41) is 9.38. The molecule has 8 heteroatoms. The van der Waals surface area contributed by atoms with Crippen molar-refractivity contribution in [3.05, 3.63) is 65.5 Å². The number of pyridine rings is 1. The molecule has 1 aromatic carbocycles. The molecular formula is C23H29F3N4O. The highest BCUT2D eigenvalue weighted by atomic mass is 19.4. The van der Waals surface area contributed by atoms with Gasteiger partial charge in [-0.1, -0.05) is 12.1 Å². The van der Waals surface area contributed by atoms with Gasteiger partial charge in [-0.3, -0.25) is 9.78 Å². The summed E-state index contributed by atoms with van der Waals surface area (Å²) in [7, 11) is 0. The van der Waals surface area contributed by atoms with E-state index < -0.39 is 17.8 Å². The molecule has 1 aromatic heterocycles. The Hall–Kier alpha value is -2.45. The highest BCUT2D eigenvalue weighted by Gasteiger charge is 2.32. The minimum atomic E-state index is -4.45. The first-order chi connectivity index (χ1) is 14.9. The second-order valence-electron chi connectivity index (χ2n) is 7.89. The monoisotopic (exact) mass is 434 g/mol. The van der Waals surface area contributed by atoms with Gasteiger partial charge in [0, 0.05) is 18.9 Å². The van der Waals surface area contributed by atoms with Crippen molar-refractivity contribution in [3.63, 3.8) is 0 Å². The van der Waals surface area contributed by atoms with Crippen LogP contribution in [0.15, 0.2) is 48.8 Å². The highest BCUT2D eigenvalue weighted by Crippen LogP contribution is 2.31. The molecule has 1 saturated heterocycles. The van der Waals surface area contributed by atoms with Gasteiger partial charge in [-0.05, 0) is 86.6 Å². The Kier molecular flexibility index (Phi) is 8.43. The molecule has 5 nitrogen and oxygen atoms in total. The Morgan fingerprint density at radius 3 is 2.58 bits per heavy atom. The number of nitrogens with zero attached hydrogens (tertiary/aromatic N) is 1. The summed E-state index contributed by atoms with van der Waals surface area (Å²) in [6.07, 6.45) is 2.59. The standard InChI is InChI=1S/C23H29F3N4O/c24-23(25,26)20-3-1-2-19(16-20)21(29-14-8-17-4-10-27-11-5-17)22(31)30-15-9-18-6-12-28-13-7-18/h1-3,6-7,12-13,16-17,21,27,29H,4-5,8-11,14-15H2,(H,30,31). The number of nitrogens with one attached hydrogen (secondary N) is 3. The van der Waals surface area contributed by atoms with Crippen molar-refractivity contribution in [2.45, 2.75) is 37.9 Å². The molecule has 2 aromatic rings. The zero-order valence-corrected chi connectivity index (χ0v) is 17.4. The van der Waals surface area contributed by atoms with E-state index in [1.807, 2.05) is 12.1 Å². The molecule has 0 spiro atoms. The molecule has 31 heavy (non-hydrogen) atoms. The maximum absolute atomic E-state index is 13.2. The van der Waals surface area contributed by atoms with Gasteiger partial charge >= 0.3 is 6.18 Å². The summed E-state index contributed by atoms with van der Waals surface area (Å²) in [4.78, 5) is 16.9. The van der Waals surface area contributed by atoms with Crippen LogP contribution in [-0.2, 0) is 17.4 Å². The third kappa shape index (κ3) is 7.33. The second-order valence-corrected chi connectivity index (χ2v) is 7.89. The van der Waals surface area contributed by atoms with Crippen molar-refractivity contribution in [2.75, 3.05) is 26.2 Å². The van der Waals surface area contributed by atoms with E-state index in [1.165, 1.54) is 6.07 Å². The molecular weight excluding hydrogens is 405 g/mol. The average Bonchev–Trinajstić information content (AvgIpc) is 2.77. The number of rotatable bonds is 9. The van der Waals surface area contributed by atoms with Crippen LogP contribution in [0.5, 0.6) is 0 Å². The van der Waals surface area contributed by atoms with Crippen LogP contribution in [0.2, 0.25) is 0 Å². The Morgan fingerprint density at radius 1 is 1.13 bits per heavy atom. The molecule has 3 rings (SSSR count). The third-order valence-electron chi connectivity index (χ3n) is 5.63. The summed E-state index contributed by atoms with van der Waals surface area (Å²) >= 11 is 0. The lowest BCUT2D eigenvalue weighted by atomic mass is 9.94. The van der Waals surface area contributed by atoms with E-state index in [0.29, 0.717) is 31.0 Å². The van der Waals surface area contributed by atoms with E-state index >= 15 is 0 Å². The van der Waals surface area contributed by atoms with Crippen LogP contribution in [-0.4, -0.2) is 37.1 Å². The fourth-order valence-electron chi connectivity index (χ4n) is 3.84. The van der Waals surface area contributed by atoms with Gasteiger partial charge in [-0.25, -0.2) is 0 Å². The van der Waals surface area contributed by atoms with Crippen molar-refractivity contribution in [3.8, 4) is 0 Å².